The summed E-state index contributed by atoms with van der Waals surface area (Å²) in [7, 11) is 0. The highest BCUT2D eigenvalue weighted by Gasteiger charge is 2.18. The molecule has 0 saturated heterocycles. The van der Waals surface area contributed by atoms with Gasteiger partial charge in [0.1, 0.15) is 0 Å². The first-order valence-corrected chi connectivity index (χ1v) is 9.01. The van der Waals surface area contributed by atoms with E-state index in [-0.39, 0.29) is 5.92 Å². The number of benzene rings is 1. The zero-order valence-electron chi connectivity index (χ0n) is 14.3. The van der Waals surface area contributed by atoms with Crippen LogP contribution >= 0.6 is 11.3 Å². The second kappa shape index (κ2) is 8.12. The Kier molecular flexibility index (Phi) is 6.18. The molecule has 0 saturated carbocycles. The minimum Gasteiger partial charge on any atom is -0.361 e. The molecule has 1 unspecified atom stereocenters. The summed E-state index contributed by atoms with van der Waals surface area (Å²) in [5.74, 6) is 1.11. The highest BCUT2D eigenvalue weighted by molar-refractivity contribution is 7.15. The van der Waals surface area contributed by atoms with E-state index in [2.05, 4.69) is 51.2 Å². The molecule has 2 rings (SSSR count). The van der Waals surface area contributed by atoms with E-state index < -0.39 is 0 Å². The van der Waals surface area contributed by atoms with Gasteiger partial charge in [0.15, 0.2) is 5.13 Å². The monoisotopic (exact) mass is 327 g/mol. The lowest BCUT2D eigenvalue weighted by Gasteiger charge is -2.14. The Morgan fingerprint density at radius 3 is 2.35 bits per heavy atom. The first-order chi connectivity index (χ1) is 11.0. The van der Waals surface area contributed by atoms with E-state index >= 15 is 0 Å². The summed E-state index contributed by atoms with van der Waals surface area (Å²) in [5.41, 5.74) is 2.40. The van der Waals surface area contributed by atoms with Crippen LogP contribution in [0.25, 0.3) is 0 Å². The number of rotatable bonds is 7. The van der Waals surface area contributed by atoms with Crippen molar-refractivity contribution >= 4 is 16.5 Å². The molecule has 4 heteroatoms. The summed E-state index contributed by atoms with van der Waals surface area (Å²) in [6.07, 6.45) is 0.510. The summed E-state index contributed by atoms with van der Waals surface area (Å²) in [4.78, 5) is 6.14. The molecule has 0 fully saturated rings. The highest BCUT2D eigenvalue weighted by Crippen LogP contribution is 2.34. The number of aromatic nitrogens is 1. The maximum Gasteiger partial charge on any atom is 0.183 e. The van der Waals surface area contributed by atoms with Crippen molar-refractivity contribution in [3.05, 3.63) is 46.5 Å². The van der Waals surface area contributed by atoms with Gasteiger partial charge >= 0.3 is 0 Å². The number of thiazole rings is 1. The van der Waals surface area contributed by atoms with Crippen molar-refractivity contribution in [1.82, 2.24) is 4.98 Å². The average molecular weight is 327 g/mol. The number of hydrogen-bond acceptors (Lipinski definition) is 4. The largest absolute Gasteiger partial charge is 0.361 e. The third kappa shape index (κ3) is 4.56. The fourth-order valence-electron chi connectivity index (χ4n) is 2.60. The van der Waals surface area contributed by atoms with Crippen LogP contribution in [0.2, 0.25) is 0 Å². The van der Waals surface area contributed by atoms with Gasteiger partial charge in [0.05, 0.1) is 11.8 Å². The molecule has 2 aromatic rings. The molecule has 0 aliphatic rings. The molecule has 1 aromatic heterocycles. The second-order valence-corrected chi connectivity index (χ2v) is 7.46. The quantitative estimate of drug-likeness (QED) is 0.730. The molecular weight excluding hydrogens is 302 g/mol. The van der Waals surface area contributed by atoms with E-state index in [0.29, 0.717) is 18.3 Å². The third-order valence-corrected chi connectivity index (χ3v) is 5.19. The minimum atomic E-state index is 0.190. The van der Waals surface area contributed by atoms with Crippen LogP contribution in [0.5, 0.6) is 0 Å². The molecule has 1 heterocycles. The predicted molar refractivity (Wildman–Crippen MR) is 98.2 cm³/mol. The number of nitrogens with one attached hydrogen (secondary N) is 1. The fraction of sp³-hybridized carbons (Fsp3) is 0.474. The van der Waals surface area contributed by atoms with Crippen molar-refractivity contribution in [3.63, 3.8) is 0 Å². The normalized spacial score (nSPS) is 12.4. The van der Waals surface area contributed by atoms with Gasteiger partial charge in [-0.1, -0.05) is 58.0 Å². The molecular formula is C19H25N3S. The summed E-state index contributed by atoms with van der Waals surface area (Å²) in [6, 6.07) is 12.5. The zero-order chi connectivity index (χ0) is 16.8. The predicted octanol–water partition coefficient (Wildman–Crippen LogP) is 5.50. The van der Waals surface area contributed by atoms with Crippen LogP contribution in [0, 0.1) is 11.3 Å². The smallest absolute Gasteiger partial charge is 0.183 e. The Labute approximate surface area is 143 Å². The van der Waals surface area contributed by atoms with Gasteiger partial charge in [0, 0.05) is 23.8 Å². The Morgan fingerprint density at radius 1 is 1.13 bits per heavy atom. The van der Waals surface area contributed by atoms with Crippen LogP contribution in [0.4, 0.5) is 5.13 Å². The van der Waals surface area contributed by atoms with Gasteiger partial charge in [-0.3, -0.25) is 0 Å². The third-order valence-electron chi connectivity index (χ3n) is 3.86. The van der Waals surface area contributed by atoms with Crippen molar-refractivity contribution in [2.24, 2.45) is 0 Å². The lowest BCUT2D eigenvalue weighted by molar-refractivity contribution is 0.738. The van der Waals surface area contributed by atoms with Gasteiger partial charge in [0.2, 0.25) is 0 Å². The van der Waals surface area contributed by atoms with E-state index in [1.54, 1.807) is 11.3 Å². The summed E-state index contributed by atoms with van der Waals surface area (Å²) < 4.78 is 0. The van der Waals surface area contributed by atoms with Crippen molar-refractivity contribution in [2.45, 2.75) is 51.9 Å². The number of anilines is 1. The van der Waals surface area contributed by atoms with Crippen LogP contribution in [0.15, 0.2) is 30.3 Å². The molecule has 3 nitrogen and oxygen atoms in total. The molecule has 0 spiro atoms. The standard InChI is InChI=1S/C19H25N3S/c1-13(2)17-18(14(3)4)23-19(22-17)21-12-16(10-11-20)15-8-6-5-7-9-15/h5-9,13-14,16H,10,12H2,1-4H3,(H,21,22). The Hall–Kier alpha value is -1.86. The van der Waals surface area contributed by atoms with Crippen LogP contribution < -0.4 is 5.32 Å². The second-order valence-electron chi connectivity index (χ2n) is 6.43. The minimum absolute atomic E-state index is 0.190. The molecule has 1 N–H and O–H groups in total. The fourth-order valence-corrected chi connectivity index (χ4v) is 3.73. The van der Waals surface area contributed by atoms with Crippen LogP contribution in [0.3, 0.4) is 0 Å². The van der Waals surface area contributed by atoms with Crippen molar-refractivity contribution in [1.29, 1.82) is 5.26 Å². The first kappa shape index (κ1) is 17.5. The van der Waals surface area contributed by atoms with Gasteiger partial charge in [-0.05, 0) is 17.4 Å². The van der Waals surface area contributed by atoms with Crippen molar-refractivity contribution < 1.29 is 0 Å². The van der Waals surface area contributed by atoms with Crippen LogP contribution in [-0.2, 0) is 0 Å². The van der Waals surface area contributed by atoms with Crippen molar-refractivity contribution in [2.75, 3.05) is 11.9 Å². The summed E-state index contributed by atoms with van der Waals surface area (Å²) >= 11 is 1.75. The van der Waals surface area contributed by atoms with Gasteiger partial charge in [-0.2, -0.15) is 5.26 Å². The molecule has 1 atom stereocenters. The Morgan fingerprint density at radius 2 is 1.83 bits per heavy atom. The van der Waals surface area contributed by atoms with Crippen LogP contribution in [0.1, 0.15) is 68.0 Å². The molecule has 0 amide bonds. The van der Waals surface area contributed by atoms with E-state index in [4.69, 9.17) is 10.2 Å². The van der Waals surface area contributed by atoms with Gasteiger partial charge in [-0.25, -0.2) is 4.98 Å². The lowest BCUT2D eigenvalue weighted by atomic mass is 9.96. The molecule has 1 aromatic carbocycles. The summed E-state index contributed by atoms with van der Waals surface area (Å²) in [6.45, 7) is 9.54. The topological polar surface area (TPSA) is 48.7 Å². The van der Waals surface area contributed by atoms with Crippen molar-refractivity contribution in [3.8, 4) is 6.07 Å². The number of hydrogen-bond donors (Lipinski definition) is 1. The van der Waals surface area contributed by atoms with E-state index in [9.17, 15) is 0 Å². The summed E-state index contributed by atoms with van der Waals surface area (Å²) in [5, 5.41) is 13.5. The first-order valence-electron chi connectivity index (χ1n) is 8.19. The Balaban J connectivity index is 2.12. The molecule has 0 aliphatic heterocycles. The molecule has 23 heavy (non-hydrogen) atoms. The zero-order valence-corrected chi connectivity index (χ0v) is 15.2. The maximum absolute atomic E-state index is 9.10. The van der Waals surface area contributed by atoms with Gasteiger partial charge < -0.3 is 5.32 Å². The molecule has 0 aliphatic carbocycles. The van der Waals surface area contributed by atoms with Crippen LogP contribution in [-0.4, -0.2) is 11.5 Å². The van der Waals surface area contributed by atoms with E-state index in [0.717, 1.165) is 11.7 Å². The average Bonchev–Trinajstić information content (AvgIpc) is 2.97. The van der Waals surface area contributed by atoms with Gasteiger partial charge in [0.25, 0.3) is 0 Å². The van der Waals surface area contributed by atoms with E-state index in [1.165, 1.54) is 16.1 Å². The van der Waals surface area contributed by atoms with Gasteiger partial charge in [-0.15, -0.1) is 11.3 Å². The molecule has 0 bridgehead atoms. The number of nitriles is 1. The van der Waals surface area contributed by atoms with E-state index in [1.807, 2.05) is 18.2 Å². The highest BCUT2D eigenvalue weighted by atomic mass is 32.1. The lowest BCUT2D eigenvalue weighted by Crippen LogP contribution is -2.12. The Bertz CT molecular complexity index is 627. The SMILES string of the molecule is CC(C)c1nc(NCC(CC#N)c2ccccc2)sc1C(C)C. The maximum atomic E-state index is 9.10. The number of nitrogens with zero attached hydrogens (tertiary/aromatic N) is 2. The molecule has 0 radical (unpaired) electrons. The molecule has 122 valence electrons.